The fraction of sp³-hybridized carbons (Fsp3) is 0.333. The molecular weight excluding hydrogens is 254 g/mol. The largest absolute Gasteiger partial charge is 0.481 e. The molecule has 1 aromatic carbocycles. The molecule has 0 heterocycles. The second kappa shape index (κ2) is 5.79. The summed E-state index contributed by atoms with van der Waals surface area (Å²) in [6, 6.07) is 5.79. The Balaban J connectivity index is 2.90. The van der Waals surface area contributed by atoms with Crippen molar-refractivity contribution in [2.45, 2.75) is 19.9 Å². The number of halogens is 1. The third-order valence-corrected chi connectivity index (χ3v) is 2.44. The van der Waals surface area contributed by atoms with Gasteiger partial charge in [0, 0.05) is 16.1 Å². The van der Waals surface area contributed by atoms with Gasteiger partial charge in [0.1, 0.15) is 12.4 Å². The molecule has 1 aromatic rings. The van der Waals surface area contributed by atoms with Crippen molar-refractivity contribution in [1.82, 2.24) is 0 Å². The minimum absolute atomic E-state index is 0.0392. The topological polar surface area (TPSA) is 35.2 Å². The van der Waals surface area contributed by atoms with Crippen LogP contribution < -0.4 is 10.5 Å². The number of hydrogen-bond acceptors (Lipinski definition) is 2. The van der Waals surface area contributed by atoms with Crippen LogP contribution in [-0.4, -0.2) is 6.61 Å². The van der Waals surface area contributed by atoms with Crippen molar-refractivity contribution in [3.8, 4) is 17.6 Å². The molecule has 2 N–H and O–H groups in total. The monoisotopic (exact) mass is 267 g/mol. The van der Waals surface area contributed by atoms with E-state index in [1.165, 1.54) is 0 Å². The fourth-order valence-corrected chi connectivity index (χ4v) is 1.54. The molecule has 15 heavy (non-hydrogen) atoms. The van der Waals surface area contributed by atoms with Gasteiger partial charge in [-0.1, -0.05) is 27.9 Å². The summed E-state index contributed by atoms with van der Waals surface area (Å²) < 4.78 is 6.51. The molecule has 0 unspecified atom stereocenters. The molecule has 2 nitrogen and oxygen atoms in total. The van der Waals surface area contributed by atoms with Crippen LogP contribution in [0.25, 0.3) is 0 Å². The first kappa shape index (κ1) is 12.1. The van der Waals surface area contributed by atoms with E-state index in [9.17, 15) is 0 Å². The molecular formula is C12H14BrNO. The molecule has 0 radical (unpaired) electrons. The van der Waals surface area contributed by atoms with Gasteiger partial charge in [0.2, 0.25) is 0 Å². The van der Waals surface area contributed by atoms with Gasteiger partial charge in [-0.05, 0) is 26.0 Å². The number of rotatable bonds is 3. The van der Waals surface area contributed by atoms with Crippen LogP contribution >= 0.6 is 15.9 Å². The number of ether oxygens (including phenoxy) is 1. The molecule has 0 aliphatic heterocycles. The Morgan fingerprint density at radius 2 is 2.27 bits per heavy atom. The summed E-state index contributed by atoms with van der Waals surface area (Å²) in [4.78, 5) is 0. The molecule has 80 valence electrons. The second-order valence-electron chi connectivity index (χ2n) is 3.19. The zero-order valence-corrected chi connectivity index (χ0v) is 10.5. The third-order valence-electron chi connectivity index (χ3n) is 1.94. The SMILES string of the molecule is CC#CCOc1cc(Br)ccc1[C@H](C)N. The standard InChI is InChI=1S/C12H14BrNO/c1-3-4-7-15-12-8-10(13)5-6-11(12)9(2)14/h5-6,8-9H,7,14H2,1-2H3/t9-/m0/s1. The van der Waals surface area contributed by atoms with E-state index in [0.717, 1.165) is 15.8 Å². The van der Waals surface area contributed by atoms with E-state index in [1.807, 2.05) is 25.1 Å². The highest BCUT2D eigenvalue weighted by Crippen LogP contribution is 2.27. The zero-order chi connectivity index (χ0) is 11.3. The Morgan fingerprint density at radius 3 is 2.87 bits per heavy atom. The Labute approximate surface area is 98.9 Å². The smallest absolute Gasteiger partial charge is 0.149 e. The van der Waals surface area contributed by atoms with Crippen molar-refractivity contribution in [3.05, 3.63) is 28.2 Å². The van der Waals surface area contributed by atoms with Gasteiger partial charge in [0.15, 0.2) is 0 Å². The van der Waals surface area contributed by atoms with E-state index in [2.05, 4.69) is 27.8 Å². The Hall–Kier alpha value is -0.980. The van der Waals surface area contributed by atoms with Crippen LogP contribution in [0.4, 0.5) is 0 Å². The first-order valence-corrected chi connectivity index (χ1v) is 5.52. The molecule has 0 saturated carbocycles. The molecule has 0 amide bonds. The molecule has 1 rings (SSSR count). The predicted octanol–water partition coefficient (Wildman–Crippen LogP) is 2.87. The lowest BCUT2D eigenvalue weighted by Gasteiger charge is -2.12. The van der Waals surface area contributed by atoms with Gasteiger partial charge in [0.25, 0.3) is 0 Å². The summed E-state index contributed by atoms with van der Waals surface area (Å²) in [5.41, 5.74) is 6.83. The van der Waals surface area contributed by atoms with Crippen molar-refractivity contribution in [2.24, 2.45) is 5.73 Å². The van der Waals surface area contributed by atoms with E-state index in [-0.39, 0.29) is 6.04 Å². The van der Waals surface area contributed by atoms with Crippen molar-refractivity contribution in [1.29, 1.82) is 0 Å². The van der Waals surface area contributed by atoms with Gasteiger partial charge in [0.05, 0.1) is 0 Å². The van der Waals surface area contributed by atoms with Gasteiger partial charge in [-0.3, -0.25) is 0 Å². The van der Waals surface area contributed by atoms with Crippen LogP contribution in [0.5, 0.6) is 5.75 Å². The highest BCUT2D eigenvalue weighted by Gasteiger charge is 2.07. The van der Waals surface area contributed by atoms with E-state index >= 15 is 0 Å². The summed E-state index contributed by atoms with van der Waals surface area (Å²) in [6.45, 7) is 4.12. The van der Waals surface area contributed by atoms with Crippen molar-refractivity contribution >= 4 is 15.9 Å². The minimum atomic E-state index is -0.0392. The number of benzene rings is 1. The van der Waals surface area contributed by atoms with E-state index < -0.39 is 0 Å². The molecule has 0 aliphatic carbocycles. The average Bonchev–Trinajstić information content (AvgIpc) is 2.18. The fourth-order valence-electron chi connectivity index (χ4n) is 1.20. The molecule has 0 spiro atoms. The van der Waals surface area contributed by atoms with Gasteiger partial charge < -0.3 is 10.5 Å². The molecule has 3 heteroatoms. The van der Waals surface area contributed by atoms with Gasteiger partial charge in [-0.2, -0.15) is 0 Å². The first-order chi connectivity index (χ1) is 7.15. The Morgan fingerprint density at radius 1 is 1.53 bits per heavy atom. The first-order valence-electron chi connectivity index (χ1n) is 4.72. The number of hydrogen-bond donors (Lipinski definition) is 1. The van der Waals surface area contributed by atoms with Crippen LogP contribution in [0.3, 0.4) is 0 Å². The molecule has 0 bridgehead atoms. The van der Waals surface area contributed by atoms with E-state index in [4.69, 9.17) is 10.5 Å². The van der Waals surface area contributed by atoms with Crippen molar-refractivity contribution in [3.63, 3.8) is 0 Å². The maximum atomic E-state index is 5.84. The lowest BCUT2D eigenvalue weighted by Crippen LogP contribution is -2.08. The minimum Gasteiger partial charge on any atom is -0.481 e. The van der Waals surface area contributed by atoms with Gasteiger partial charge >= 0.3 is 0 Å². The van der Waals surface area contributed by atoms with Crippen LogP contribution in [0.2, 0.25) is 0 Å². The maximum absolute atomic E-state index is 5.84. The van der Waals surface area contributed by atoms with E-state index in [1.54, 1.807) is 6.92 Å². The van der Waals surface area contributed by atoms with Crippen molar-refractivity contribution in [2.75, 3.05) is 6.61 Å². The highest BCUT2D eigenvalue weighted by molar-refractivity contribution is 9.10. The zero-order valence-electron chi connectivity index (χ0n) is 8.88. The summed E-state index contributed by atoms with van der Waals surface area (Å²) in [5, 5.41) is 0. The predicted molar refractivity (Wildman–Crippen MR) is 65.7 cm³/mol. The summed E-state index contributed by atoms with van der Waals surface area (Å²) >= 11 is 3.40. The average molecular weight is 268 g/mol. The highest BCUT2D eigenvalue weighted by atomic mass is 79.9. The van der Waals surface area contributed by atoms with Gasteiger partial charge in [-0.25, -0.2) is 0 Å². The molecule has 0 saturated heterocycles. The van der Waals surface area contributed by atoms with Crippen LogP contribution in [0.1, 0.15) is 25.5 Å². The molecule has 0 aromatic heterocycles. The summed E-state index contributed by atoms with van der Waals surface area (Å²) in [6.07, 6.45) is 0. The Bertz CT molecular complexity index is 390. The summed E-state index contributed by atoms with van der Waals surface area (Å²) in [7, 11) is 0. The maximum Gasteiger partial charge on any atom is 0.149 e. The third kappa shape index (κ3) is 3.58. The molecule has 0 aliphatic rings. The second-order valence-corrected chi connectivity index (χ2v) is 4.10. The van der Waals surface area contributed by atoms with E-state index in [0.29, 0.717) is 6.61 Å². The molecule has 0 fully saturated rings. The lowest BCUT2D eigenvalue weighted by molar-refractivity contribution is 0.363. The Kier molecular flexibility index (Phi) is 4.67. The summed E-state index contributed by atoms with van der Waals surface area (Å²) in [5.74, 6) is 6.43. The van der Waals surface area contributed by atoms with Gasteiger partial charge in [-0.15, -0.1) is 5.92 Å². The lowest BCUT2D eigenvalue weighted by atomic mass is 10.1. The quantitative estimate of drug-likeness (QED) is 0.855. The molecule has 1 atom stereocenters. The van der Waals surface area contributed by atoms with Crippen LogP contribution in [0, 0.1) is 11.8 Å². The van der Waals surface area contributed by atoms with Crippen molar-refractivity contribution < 1.29 is 4.74 Å². The van der Waals surface area contributed by atoms with Crippen LogP contribution in [0.15, 0.2) is 22.7 Å². The normalized spacial score (nSPS) is 11.5. The number of nitrogens with two attached hydrogens (primary N) is 1. The van der Waals surface area contributed by atoms with Crippen LogP contribution in [-0.2, 0) is 0 Å².